The highest BCUT2D eigenvalue weighted by molar-refractivity contribution is 5.74. The van der Waals surface area contributed by atoms with Crippen LogP contribution in [0.2, 0.25) is 0 Å². The Morgan fingerprint density at radius 3 is 1.26 bits per heavy atom. The molecule has 1 aliphatic rings. The van der Waals surface area contributed by atoms with Gasteiger partial charge in [-0.3, -0.25) is 14.4 Å². The Hall–Kier alpha value is -5.40. The number of carbonyl (C=O) groups excluding carboxylic acids is 3. The Bertz CT molecular complexity index is 1890. The predicted octanol–water partition coefficient (Wildman–Crippen LogP) is 14.8. The molecule has 430 valence electrons. The fourth-order valence-electron chi connectivity index (χ4n) is 7.62. The highest BCUT2D eigenvalue weighted by Crippen LogP contribution is 2.26. The maximum atomic E-state index is 13.1. The number of aliphatic carboxylic acids is 1. The van der Waals surface area contributed by atoms with E-state index in [9.17, 15) is 34.5 Å². The molecule has 3 N–H and O–H groups in total. The lowest BCUT2D eigenvalue weighted by molar-refractivity contribution is -0.301. The number of rotatable bonds is 46. The fourth-order valence-corrected chi connectivity index (χ4v) is 7.62. The van der Waals surface area contributed by atoms with Crippen molar-refractivity contribution in [2.45, 2.75) is 225 Å². The maximum Gasteiger partial charge on any atom is 0.335 e. The van der Waals surface area contributed by atoms with Crippen LogP contribution in [0.25, 0.3) is 0 Å². The zero-order valence-corrected chi connectivity index (χ0v) is 47.1. The first kappa shape index (κ1) is 69.6. The van der Waals surface area contributed by atoms with Crippen molar-refractivity contribution in [3.8, 4) is 0 Å². The number of hydrogen-bond donors (Lipinski definition) is 3. The topological polar surface area (TPSA) is 175 Å². The van der Waals surface area contributed by atoms with E-state index in [1.54, 1.807) is 6.08 Å². The van der Waals surface area contributed by atoms with Crippen LogP contribution < -0.4 is 0 Å². The number of carbonyl (C=O) groups is 4. The van der Waals surface area contributed by atoms with Crippen molar-refractivity contribution < 1.29 is 58.2 Å². The van der Waals surface area contributed by atoms with E-state index in [-0.39, 0.29) is 25.9 Å². The minimum absolute atomic E-state index is 0.00476. The lowest BCUT2D eigenvalue weighted by atomic mass is 9.98. The second-order valence-electron chi connectivity index (χ2n) is 18.8. The molecule has 1 heterocycles. The minimum atomic E-state index is -1.94. The molecule has 1 saturated heterocycles. The fraction of sp³-hybridized carbons (Fsp3) is 0.569. The van der Waals surface area contributed by atoms with Crippen LogP contribution in [0.5, 0.6) is 0 Å². The van der Waals surface area contributed by atoms with Crippen LogP contribution in [0.4, 0.5) is 0 Å². The number of allylic oxidation sites excluding steroid dienone is 23. The van der Waals surface area contributed by atoms with Gasteiger partial charge in [0.05, 0.1) is 13.0 Å². The predicted molar refractivity (Wildman–Crippen MR) is 312 cm³/mol. The van der Waals surface area contributed by atoms with Crippen molar-refractivity contribution >= 4 is 23.9 Å². The zero-order chi connectivity index (χ0) is 56.1. The molecule has 0 aromatic carbocycles. The number of unbranched alkanes of at least 4 members (excludes halogenated alkanes) is 9. The lowest BCUT2D eigenvalue weighted by Gasteiger charge is -2.40. The molecule has 0 radical (unpaired) electrons. The average Bonchev–Trinajstić information content (AvgIpc) is 3.41. The summed E-state index contributed by atoms with van der Waals surface area (Å²) in [7, 11) is 0. The van der Waals surface area contributed by atoms with Crippen LogP contribution in [0, 0.1) is 0 Å². The van der Waals surface area contributed by atoms with Gasteiger partial charge in [-0.1, -0.05) is 199 Å². The molecular weight excluding hydrogens is 973 g/mol. The third kappa shape index (κ3) is 41.4. The Morgan fingerprint density at radius 1 is 0.442 bits per heavy atom. The van der Waals surface area contributed by atoms with E-state index in [4.69, 9.17) is 23.7 Å². The van der Waals surface area contributed by atoms with Crippen LogP contribution in [-0.4, -0.2) is 89.2 Å². The third-order valence-corrected chi connectivity index (χ3v) is 11.9. The second-order valence-corrected chi connectivity index (χ2v) is 18.8. The molecule has 12 nitrogen and oxygen atoms in total. The van der Waals surface area contributed by atoms with Crippen LogP contribution in [-0.2, 0) is 42.9 Å². The van der Waals surface area contributed by atoms with Crippen molar-refractivity contribution in [3.05, 3.63) is 146 Å². The van der Waals surface area contributed by atoms with Crippen molar-refractivity contribution in [2.24, 2.45) is 0 Å². The summed E-state index contributed by atoms with van der Waals surface area (Å²) in [5.41, 5.74) is 0. The van der Waals surface area contributed by atoms with E-state index in [2.05, 4.69) is 142 Å². The monoisotopic (exact) mass is 1070 g/mol. The summed E-state index contributed by atoms with van der Waals surface area (Å²) in [4.78, 5) is 51.0. The van der Waals surface area contributed by atoms with E-state index < -0.39 is 67.3 Å². The maximum absolute atomic E-state index is 13.1. The van der Waals surface area contributed by atoms with E-state index in [0.29, 0.717) is 19.3 Å². The number of aliphatic hydroxyl groups excluding tert-OH is 2. The molecule has 6 unspecified atom stereocenters. The summed E-state index contributed by atoms with van der Waals surface area (Å²) in [6, 6.07) is 0. The zero-order valence-electron chi connectivity index (χ0n) is 47.1. The molecular formula is C65H98O12. The van der Waals surface area contributed by atoms with Crippen molar-refractivity contribution in [2.75, 3.05) is 13.2 Å². The Labute approximate surface area is 463 Å². The number of hydrogen-bond acceptors (Lipinski definition) is 11. The molecule has 0 aromatic heterocycles. The summed E-state index contributed by atoms with van der Waals surface area (Å²) in [6.07, 6.45) is 61.4. The van der Waals surface area contributed by atoms with Gasteiger partial charge in [0.2, 0.25) is 0 Å². The second kappa shape index (κ2) is 51.4. The van der Waals surface area contributed by atoms with Gasteiger partial charge in [0.15, 0.2) is 24.6 Å². The molecule has 1 rings (SSSR count). The first-order chi connectivity index (χ1) is 37.6. The standard InChI is InChI=1S/C65H98O12/c1-4-7-10-13-16-19-22-25-27-28-29-30-32-34-36-39-42-45-48-51-57(66)73-54-56(75-58(67)52-49-46-43-40-38-35-31-26-23-20-17-14-11-8-5-2)55-74-65-63(61(70)60(69)62(77-65)64(71)72)76-59(68)53-50-47-44-41-37-33-24-21-18-15-12-9-6-3/h7-12,16-21,25-27,29-31,33,37-38,40,46,49,56,60-63,65,69-70H,4-6,13-15,22-24,28,32,34-36,39,41-45,47-48,50-55H2,1-3H3,(H,71,72)/b10-7-,11-8-,12-9-,19-16-,20-17-,21-18-,27-25-,30-29-,31-26-,37-33-,40-38-,49-46-. The van der Waals surface area contributed by atoms with E-state index >= 15 is 0 Å². The van der Waals surface area contributed by atoms with Gasteiger partial charge in [-0.15, -0.1) is 0 Å². The van der Waals surface area contributed by atoms with Gasteiger partial charge in [-0.2, -0.15) is 0 Å². The molecule has 6 atom stereocenters. The van der Waals surface area contributed by atoms with Gasteiger partial charge in [0.25, 0.3) is 0 Å². The van der Waals surface area contributed by atoms with Gasteiger partial charge in [-0.05, 0) is 116 Å². The van der Waals surface area contributed by atoms with Crippen molar-refractivity contribution in [1.29, 1.82) is 0 Å². The quantitative estimate of drug-likeness (QED) is 0.0228. The van der Waals surface area contributed by atoms with Gasteiger partial charge >= 0.3 is 23.9 Å². The molecule has 77 heavy (non-hydrogen) atoms. The van der Waals surface area contributed by atoms with E-state index in [1.165, 1.54) is 0 Å². The summed E-state index contributed by atoms with van der Waals surface area (Å²) < 4.78 is 28.2. The normalized spacial score (nSPS) is 19.1. The number of ether oxygens (including phenoxy) is 5. The van der Waals surface area contributed by atoms with Crippen LogP contribution >= 0.6 is 0 Å². The molecule has 1 fully saturated rings. The van der Waals surface area contributed by atoms with Crippen LogP contribution in [0.3, 0.4) is 0 Å². The van der Waals surface area contributed by atoms with E-state index in [0.717, 1.165) is 128 Å². The Balaban J connectivity index is 2.78. The third-order valence-electron chi connectivity index (χ3n) is 11.9. The molecule has 12 heteroatoms. The Morgan fingerprint density at radius 2 is 0.818 bits per heavy atom. The number of esters is 3. The first-order valence-electron chi connectivity index (χ1n) is 28.8. The minimum Gasteiger partial charge on any atom is -0.479 e. The van der Waals surface area contributed by atoms with Gasteiger partial charge in [0, 0.05) is 12.8 Å². The smallest absolute Gasteiger partial charge is 0.335 e. The number of carboxylic acids is 1. The first-order valence-corrected chi connectivity index (χ1v) is 28.8. The summed E-state index contributed by atoms with van der Waals surface area (Å²) >= 11 is 0. The van der Waals surface area contributed by atoms with Crippen molar-refractivity contribution in [3.63, 3.8) is 0 Å². The van der Waals surface area contributed by atoms with Crippen LogP contribution in [0.1, 0.15) is 188 Å². The molecule has 0 aromatic rings. The Kier molecular flexibility index (Phi) is 46.4. The molecule has 0 bridgehead atoms. The molecule has 0 spiro atoms. The van der Waals surface area contributed by atoms with Gasteiger partial charge < -0.3 is 39.0 Å². The molecule has 0 saturated carbocycles. The lowest BCUT2D eigenvalue weighted by Crippen LogP contribution is -2.61. The highest BCUT2D eigenvalue weighted by atomic mass is 16.7. The SMILES string of the molecule is CC/C=C\C/C=C\C/C=C\C/C=C\C/C=C\CC(=O)OC(COC(=O)CCCCCCCC/C=C\C/C=C\C/C=C\C/C=C\CC)COC1OC(C(=O)O)C(O)C(O)C1OC(=O)CCCCC/C=C\C/C=C\C/C=C\CC. The average molecular weight is 1070 g/mol. The van der Waals surface area contributed by atoms with E-state index in [1.807, 2.05) is 18.2 Å². The number of aliphatic hydroxyl groups is 2. The molecule has 0 aliphatic carbocycles. The molecule has 1 aliphatic heterocycles. The van der Waals surface area contributed by atoms with Gasteiger partial charge in [0.1, 0.15) is 18.8 Å². The van der Waals surface area contributed by atoms with Crippen LogP contribution in [0.15, 0.2) is 146 Å². The summed E-state index contributed by atoms with van der Waals surface area (Å²) in [5, 5.41) is 31.4. The highest BCUT2D eigenvalue weighted by Gasteiger charge is 2.50. The number of carboxylic acid groups (broad SMARTS) is 1. The summed E-state index contributed by atoms with van der Waals surface area (Å²) in [5.74, 6) is -3.37. The van der Waals surface area contributed by atoms with Gasteiger partial charge in [-0.25, -0.2) is 4.79 Å². The molecule has 0 amide bonds. The largest absolute Gasteiger partial charge is 0.479 e. The van der Waals surface area contributed by atoms with Crippen molar-refractivity contribution in [1.82, 2.24) is 0 Å². The summed E-state index contributed by atoms with van der Waals surface area (Å²) in [6.45, 7) is 5.51.